The number of carboxylic acids is 1. The van der Waals surface area contributed by atoms with Crippen molar-refractivity contribution in [1.82, 2.24) is 14.9 Å². The van der Waals surface area contributed by atoms with Crippen molar-refractivity contribution >= 4 is 5.97 Å². The van der Waals surface area contributed by atoms with Crippen molar-refractivity contribution in [3.8, 4) is 0 Å². The topological polar surface area (TPSA) is 67.2 Å². The lowest BCUT2D eigenvalue weighted by molar-refractivity contribution is -0.144. The minimum Gasteiger partial charge on any atom is -0.480 e. The Labute approximate surface area is 115 Å². The van der Waals surface area contributed by atoms with Gasteiger partial charge in [0.15, 0.2) is 0 Å². The second kappa shape index (κ2) is 6.70. The molecular formula is C14H25N3O2. The lowest BCUT2D eigenvalue weighted by Crippen LogP contribution is -2.49. The average molecular weight is 267 g/mol. The van der Waals surface area contributed by atoms with Crippen LogP contribution in [0.5, 0.6) is 0 Å². The van der Waals surface area contributed by atoms with Crippen LogP contribution < -0.4 is 5.32 Å². The molecule has 1 unspecified atom stereocenters. The van der Waals surface area contributed by atoms with Crippen molar-refractivity contribution in [3.05, 3.63) is 17.7 Å². The van der Waals surface area contributed by atoms with Crippen molar-refractivity contribution in [3.63, 3.8) is 0 Å². The molecule has 0 aliphatic carbocycles. The van der Waals surface area contributed by atoms with Gasteiger partial charge in [0, 0.05) is 12.2 Å². The van der Waals surface area contributed by atoms with Crippen LogP contribution in [0.25, 0.3) is 0 Å². The summed E-state index contributed by atoms with van der Waals surface area (Å²) < 4.78 is 2.13. The Bertz CT molecular complexity index is 428. The summed E-state index contributed by atoms with van der Waals surface area (Å²) in [6.45, 7) is 9.31. The van der Waals surface area contributed by atoms with Crippen molar-refractivity contribution < 1.29 is 9.90 Å². The average Bonchev–Trinajstić information content (AvgIpc) is 2.66. The highest BCUT2D eigenvalue weighted by atomic mass is 16.4. The van der Waals surface area contributed by atoms with Crippen LogP contribution in [0.15, 0.2) is 6.33 Å². The van der Waals surface area contributed by atoms with Crippen molar-refractivity contribution in [2.75, 3.05) is 6.54 Å². The first-order valence-electron chi connectivity index (χ1n) is 6.87. The Kier molecular flexibility index (Phi) is 5.54. The first-order chi connectivity index (χ1) is 8.90. The van der Waals surface area contributed by atoms with Crippen LogP contribution in [0, 0.1) is 13.8 Å². The Morgan fingerprint density at radius 2 is 2.16 bits per heavy atom. The van der Waals surface area contributed by atoms with Crippen molar-refractivity contribution in [2.45, 2.75) is 59.0 Å². The number of nitrogens with one attached hydrogen (secondary N) is 1. The van der Waals surface area contributed by atoms with Gasteiger partial charge in [0.1, 0.15) is 5.54 Å². The number of carboxylic acid groups (broad SMARTS) is 1. The van der Waals surface area contributed by atoms with E-state index in [1.54, 1.807) is 6.92 Å². The molecule has 0 saturated carbocycles. The molecule has 0 aliphatic rings. The third-order valence-electron chi connectivity index (χ3n) is 3.71. The minimum absolute atomic E-state index is 0.642. The van der Waals surface area contributed by atoms with Crippen LogP contribution in [-0.2, 0) is 11.3 Å². The molecule has 1 atom stereocenters. The van der Waals surface area contributed by atoms with Crippen LogP contribution in [0.1, 0.15) is 44.5 Å². The van der Waals surface area contributed by atoms with Crippen LogP contribution >= 0.6 is 0 Å². The number of likely N-dealkylation sites (N-methyl/N-ethyl adjacent to an activating group) is 1. The van der Waals surface area contributed by atoms with Crippen LogP contribution in [0.4, 0.5) is 0 Å². The Morgan fingerprint density at radius 1 is 1.47 bits per heavy atom. The number of unbranched alkanes of at least 4 members (excludes halogenated alkanes) is 1. The van der Waals surface area contributed by atoms with Gasteiger partial charge < -0.3 is 15.0 Å². The number of aryl methyl sites for hydroxylation is 2. The van der Waals surface area contributed by atoms with Gasteiger partial charge in [0.25, 0.3) is 0 Å². The van der Waals surface area contributed by atoms with Gasteiger partial charge in [-0.2, -0.15) is 0 Å². The number of aromatic nitrogens is 2. The van der Waals surface area contributed by atoms with Gasteiger partial charge in [-0.3, -0.25) is 4.79 Å². The van der Waals surface area contributed by atoms with E-state index in [2.05, 4.69) is 21.8 Å². The molecule has 1 aromatic heterocycles. The molecule has 1 heterocycles. The summed E-state index contributed by atoms with van der Waals surface area (Å²) in [5.41, 5.74) is 1.44. The van der Waals surface area contributed by atoms with Gasteiger partial charge in [-0.25, -0.2) is 4.98 Å². The third-order valence-corrected chi connectivity index (χ3v) is 3.71. The maximum absolute atomic E-state index is 11.3. The van der Waals surface area contributed by atoms with Crippen molar-refractivity contribution in [1.29, 1.82) is 0 Å². The number of aliphatic carboxylic acids is 1. The van der Waals surface area contributed by atoms with E-state index in [0.717, 1.165) is 25.1 Å². The molecule has 0 bridgehead atoms. The molecule has 0 aromatic carbocycles. The van der Waals surface area contributed by atoms with Gasteiger partial charge in [-0.1, -0.05) is 6.92 Å². The monoisotopic (exact) mass is 267 g/mol. The zero-order chi connectivity index (χ0) is 14.5. The molecule has 0 spiro atoms. The summed E-state index contributed by atoms with van der Waals surface area (Å²) >= 11 is 0. The normalized spacial score (nSPS) is 14.3. The summed E-state index contributed by atoms with van der Waals surface area (Å²) in [7, 11) is 0. The fourth-order valence-corrected chi connectivity index (χ4v) is 2.19. The smallest absolute Gasteiger partial charge is 0.323 e. The van der Waals surface area contributed by atoms with Gasteiger partial charge in [0.2, 0.25) is 0 Å². The predicted molar refractivity (Wildman–Crippen MR) is 75.3 cm³/mol. The van der Waals surface area contributed by atoms with E-state index in [1.807, 2.05) is 20.2 Å². The SMILES string of the molecule is CCNC(C)(CCCCn1cnc(C)c1C)C(=O)O. The highest BCUT2D eigenvalue weighted by molar-refractivity contribution is 5.78. The van der Waals surface area contributed by atoms with E-state index in [0.29, 0.717) is 13.0 Å². The molecule has 0 amide bonds. The second-order valence-corrected chi connectivity index (χ2v) is 5.23. The summed E-state index contributed by atoms with van der Waals surface area (Å²) in [4.78, 5) is 15.5. The molecule has 5 nitrogen and oxygen atoms in total. The van der Waals surface area contributed by atoms with Crippen molar-refractivity contribution in [2.24, 2.45) is 0 Å². The molecule has 1 rings (SSSR count). The summed E-state index contributed by atoms with van der Waals surface area (Å²) in [6.07, 6.45) is 4.34. The van der Waals surface area contributed by atoms with E-state index < -0.39 is 11.5 Å². The van der Waals surface area contributed by atoms with Gasteiger partial charge in [-0.15, -0.1) is 0 Å². The Hall–Kier alpha value is -1.36. The molecule has 5 heteroatoms. The number of carbonyl (C=O) groups is 1. The molecule has 0 saturated heterocycles. The first kappa shape index (κ1) is 15.7. The number of nitrogens with zero attached hydrogens (tertiary/aromatic N) is 2. The highest BCUT2D eigenvalue weighted by Gasteiger charge is 2.30. The maximum Gasteiger partial charge on any atom is 0.323 e. The summed E-state index contributed by atoms with van der Waals surface area (Å²) in [6, 6.07) is 0. The fraction of sp³-hybridized carbons (Fsp3) is 0.714. The summed E-state index contributed by atoms with van der Waals surface area (Å²) in [5, 5.41) is 12.3. The quantitative estimate of drug-likeness (QED) is 0.708. The number of hydrogen-bond donors (Lipinski definition) is 2. The third kappa shape index (κ3) is 4.06. The molecule has 0 fully saturated rings. The Morgan fingerprint density at radius 3 is 2.63 bits per heavy atom. The molecule has 108 valence electrons. The summed E-state index contributed by atoms with van der Waals surface area (Å²) in [5.74, 6) is -0.774. The lowest BCUT2D eigenvalue weighted by atomic mass is 9.95. The van der Waals surface area contributed by atoms with Gasteiger partial charge >= 0.3 is 5.97 Å². The first-order valence-corrected chi connectivity index (χ1v) is 6.87. The van der Waals surface area contributed by atoms with E-state index in [4.69, 9.17) is 0 Å². The largest absolute Gasteiger partial charge is 0.480 e. The number of rotatable bonds is 8. The molecule has 19 heavy (non-hydrogen) atoms. The minimum atomic E-state index is -0.811. The maximum atomic E-state index is 11.3. The molecule has 0 radical (unpaired) electrons. The number of imidazole rings is 1. The predicted octanol–water partition coefficient (Wildman–Crippen LogP) is 2.12. The van der Waals surface area contributed by atoms with Crippen LogP contribution in [-0.4, -0.2) is 32.7 Å². The standard InChI is InChI=1S/C14H25N3O2/c1-5-16-14(4,13(18)19)8-6-7-9-17-10-15-11(2)12(17)3/h10,16H,5-9H2,1-4H3,(H,18,19). The molecule has 2 N–H and O–H groups in total. The highest BCUT2D eigenvalue weighted by Crippen LogP contribution is 2.15. The van der Waals surface area contributed by atoms with E-state index in [-0.39, 0.29) is 0 Å². The number of hydrogen-bond acceptors (Lipinski definition) is 3. The van der Waals surface area contributed by atoms with Gasteiger partial charge in [-0.05, 0) is 46.6 Å². The Balaban J connectivity index is 2.41. The zero-order valence-electron chi connectivity index (χ0n) is 12.4. The van der Waals surface area contributed by atoms with E-state index in [9.17, 15) is 9.90 Å². The molecule has 0 aliphatic heterocycles. The molecular weight excluding hydrogens is 242 g/mol. The van der Waals surface area contributed by atoms with Gasteiger partial charge in [0.05, 0.1) is 12.0 Å². The fourth-order valence-electron chi connectivity index (χ4n) is 2.19. The molecule has 1 aromatic rings. The van der Waals surface area contributed by atoms with E-state index in [1.165, 1.54) is 5.69 Å². The van der Waals surface area contributed by atoms with Crippen LogP contribution in [0.3, 0.4) is 0 Å². The van der Waals surface area contributed by atoms with E-state index >= 15 is 0 Å². The lowest BCUT2D eigenvalue weighted by Gasteiger charge is -2.25. The zero-order valence-corrected chi connectivity index (χ0v) is 12.4. The van der Waals surface area contributed by atoms with Crippen LogP contribution in [0.2, 0.25) is 0 Å². The second-order valence-electron chi connectivity index (χ2n) is 5.23.